The molecule has 0 saturated carbocycles. The predicted octanol–water partition coefficient (Wildman–Crippen LogP) is 4.53. The molecule has 1 aliphatic heterocycles. The molecule has 10 nitrogen and oxygen atoms in total. The van der Waals surface area contributed by atoms with Crippen molar-refractivity contribution in [3.63, 3.8) is 0 Å². The number of aryl methyl sites for hydroxylation is 1. The molecule has 0 spiro atoms. The fourth-order valence-electron chi connectivity index (χ4n) is 5.52. The van der Waals surface area contributed by atoms with Gasteiger partial charge in [0.15, 0.2) is 0 Å². The van der Waals surface area contributed by atoms with E-state index in [0.717, 1.165) is 37.0 Å². The summed E-state index contributed by atoms with van der Waals surface area (Å²) in [5.74, 6) is 1.35. The summed E-state index contributed by atoms with van der Waals surface area (Å²) in [4.78, 5) is 43.8. The molecule has 214 valence electrons. The summed E-state index contributed by atoms with van der Waals surface area (Å²) in [6.07, 6.45) is 6.77. The van der Waals surface area contributed by atoms with E-state index in [1.165, 1.54) is 24.4 Å². The summed E-state index contributed by atoms with van der Waals surface area (Å²) in [6.45, 7) is 9.85. The van der Waals surface area contributed by atoms with Gasteiger partial charge in [-0.2, -0.15) is 0 Å². The van der Waals surface area contributed by atoms with Crippen LogP contribution >= 0.6 is 0 Å². The van der Waals surface area contributed by atoms with Gasteiger partial charge in [0, 0.05) is 17.9 Å². The highest BCUT2D eigenvalue weighted by Gasteiger charge is 2.28. The number of aromatic nitrogens is 4. The number of benzene rings is 1. The van der Waals surface area contributed by atoms with Crippen LogP contribution in [-0.2, 0) is 4.79 Å². The minimum absolute atomic E-state index is 0.0903. The van der Waals surface area contributed by atoms with Crippen molar-refractivity contribution < 1.29 is 9.53 Å². The van der Waals surface area contributed by atoms with Gasteiger partial charge in [0.2, 0.25) is 11.8 Å². The number of hydrogen-bond acceptors (Lipinski definition) is 8. The monoisotopic (exact) mass is 555 g/mol. The molecule has 1 atom stereocenters. The van der Waals surface area contributed by atoms with Crippen molar-refractivity contribution in [3.05, 3.63) is 70.4 Å². The van der Waals surface area contributed by atoms with Crippen LogP contribution in [0.5, 0.6) is 5.88 Å². The van der Waals surface area contributed by atoms with Crippen LogP contribution in [0.2, 0.25) is 0 Å². The molecule has 1 aromatic carbocycles. The number of nitrogens with zero attached hydrogens (tertiary/aromatic N) is 4. The number of ether oxygens (including phenoxy) is 1. The second kappa shape index (κ2) is 12.1. The van der Waals surface area contributed by atoms with E-state index in [9.17, 15) is 9.59 Å². The number of hydrogen-bond donors (Lipinski definition) is 3. The lowest BCUT2D eigenvalue weighted by molar-refractivity contribution is -0.126. The second-order valence-corrected chi connectivity index (χ2v) is 10.9. The van der Waals surface area contributed by atoms with Crippen LogP contribution in [0.15, 0.2) is 53.7 Å². The smallest absolute Gasteiger partial charge is 0.259 e. The van der Waals surface area contributed by atoms with Crippen molar-refractivity contribution >= 4 is 28.2 Å². The van der Waals surface area contributed by atoms with Gasteiger partial charge in [-0.25, -0.2) is 9.97 Å². The maximum Gasteiger partial charge on any atom is 0.259 e. The maximum absolute atomic E-state index is 12.8. The number of carbonyl (C=O) groups excluding carboxylic acids is 1. The van der Waals surface area contributed by atoms with Gasteiger partial charge in [-0.05, 0) is 100 Å². The minimum atomic E-state index is -0.225. The Morgan fingerprint density at radius 2 is 1.85 bits per heavy atom. The third-order valence-electron chi connectivity index (χ3n) is 7.70. The van der Waals surface area contributed by atoms with Crippen LogP contribution in [0.1, 0.15) is 50.7 Å². The SMILES string of the molecule is COc1cncc(-c2cc3cc[nH]c(=O)c3c(Nc3ccc(C4CCN(C(C)C(=O)NC(C)C)CC4)c(C)c3)n2)n1. The van der Waals surface area contributed by atoms with Crippen LogP contribution in [0.4, 0.5) is 11.5 Å². The zero-order valence-corrected chi connectivity index (χ0v) is 24.2. The summed E-state index contributed by atoms with van der Waals surface area (Å²) in [6, 6.07) is 9.98. The van der Waals surface area contributed by atoms with Gasteiger partial charge in [-0.15, -0.1) is 0 Å². The summed E-state index contributed by atoms with van der Waals surface area (Å²) >= 11 is 0. The number of anilines is 2. The topological polar surface area (TPSA) is 125 Å². The highest BCUT2D eigenvalue weighted by Crippen LogP contribution is 2.33. The van der Waals surface area contributed by atoms with E-state index < -0.39 is 0 Å². The Labute approximate surface area is 239 Å². The van der Waals surface area contributed by atoms with E-state index in [1.54, 1.807) is 12.4 Å². The van der Waals surface area contributed by atoms with Crippen molar-refractivity contribution in [1.82, 2.24) is 30.2 Å². The number of amides is 1. The van der Waals surface area contributed by atoms with Crippen molar-refractivity contribution in [2.45, 2.75) is 58.5 Å². The number of likely N-dealkylation sites (tertiary alicyclic amines) is 1. The zero-order valence-electron chi connectivity index (χ0n) is 24.2. The third kappa shape index (κ3) is 6.22. The van der Waals surface area contributed by atoms with E-state index in [2.05, 4.69) is 49.5 Å². The van der Waals surface area contributed by atoms with Gasteiger partial charge < -0.3 is 20.4 Å². The molecule has 0 bridgehead atoms. The van der Waals surface area contributed by atoms with Crippen molar-refractivity contribution in [2.24, 2.45) is 0 Å². The first-order chi connectivity index (χ1) is 19.7. The number of rotatable bonds is 8. The molecule has 1 aliphatic rings. The molecule has 41 heavy (non-hydrogen) atoms. The van der Waals surface area contributed by atoms with E-state index in [1.807, 2.05) is 39.0 Å². The van der Waals surface area contributed by atoms with Gasteiger partial charge in [-0.1, -0.05) is 6.07 Å². The Morgan fingerprint density at radius 1 is 1.07 bits per heavy atom. The molecule has 3 N–H and O–H groups in total. The first kappa shape index (κ1) is 28.2. The van der Waals surface area contributed by atoms with E-state index in [-0.39, 0.29) is 23.6 Å². The van der Waals surface area contributed by atoms with Gasteiger partial charge in [-0.3, -0.25) is 19.5 Å². The van der Waals surface area contributed by atoms with Gasteiger partial charge in [0.25, 0.3) is 5.56 Å². The van der Waals surface area contributed by atoms with Crippen LogP contribution in [0, 0.1) is 6.92 Å². The number of piperidine rings is 1. The highest BCUT2D eigenvalue weighted by molar-refractivity contribution is 5.95. The number of methoxy groups -OCH3 is 1. The van der Waals surface area contributed by atoms with E-state index in [4.69, 9.17) is 9.72 Å². The number of carbonyl (C=O) groups is 1. The average Bonchev–Trinajstić information content (AvgIpc) is 2.96. The quantitative estimate of drug-likeness (QED) is 0.290. The van der Waals surface area contributed by atoms with E-state index in [0.29, 0.717) is 34.4 Å². The Balaban J connectivity index is 1.37. The summed E-state index contributed by atoms with van der Waals surface area (Å²) in [7, 11) is 1.54. The molecular weight excluding hydrogens is 518 g/mol. The van der Waals surface area contributed by atoms with Gasteiger partial charge in [0.05, 0.1) is 36.6 Å². The average molecular weight is 556 g/mol. The number of H-pyrrole nitrogens is 1. The molecule has 1 saturated heterocycles. The lowest BCUT2D eigenvalue weighted by Gasteiger charge is -2.36. The van der Waals surface area contributed by atoms with Crippen LogP contribution in [0.3, 0.4) is 0 Å². The molecule has 5 rings (SSSR count). The fourth-order valence-corrected chi connectivity index (χ4v) is 5.52. The van der Waals surface area contributed by atoms with Crippen molar-refractivity contribution in [1.29, 1.82) is 0 Å². The van der Waals surface area contributed by atoms with Crippen molar-refractivity contribution in [2.75, 3.05) is 25.5 Å². The molecule has 3 aromatic heterocycles. The summed E-state index contributed by atoms with van der Waals surface area (Å²) in [5, 5.41) is 7.62. The Hall–Kier alpha value is -4.31. The first-order valence-electron chi connectivity index (χ1n) is 14.0. The molecule has 0 radical (unpaired) electrons. The molecule has 1 fully saturated rings. The standard InChI is InChI=1S/C31H37N7O3/c1-18(2)34-30(39)20(4)38-12-9-21(10-13-38)24-7-6-23(14-19(24)3)35-29-28-22(8-11-33-31(28)40)15-25(37-29)26-16-32-17-27(36-26)41-5/h6-8,11,14-18,20-21H,9-10,12-13H2,1-5H3,(H,33,40)(H,34,39)(H,35,37). The second-order valence-electron chi connectivity index (χ2n) is 10.9. The Bertz CT molecular complexity index is 1610. The normalized spacial score (nSPS) is 15.2. The lowest BCUT2D eigenvalue weighted by Crippen LogP contribution is -2.49. The minimum Gasteiger partial charge on any atom is -0.480 e. The molecular formula is C31H37N7O3. The molecule has 0 aliphatic carbocycles. The largest absolute Gasteiger partial charge is 0.480 e. The van der Waals surface area contributed by atoms with E-state index >= 15 is 0 Å². The van der Waals surface area contributed by atoms with Crippen LogP contribution in [0.25, 0.3) is 22.2 Å². The molecule has 4 aromatic rings. The first-order valence-corrected chi connectivity index (χ1v) is 14.0. The number of fused-ring (bicyclic) bond motifs is 1. The highest BCUT2D eigenvalue weighted by atomic mass is 16.5. The summed E-state index contributed by atoms with van der Waals surface area (Å²) < 4.78 is 5.23. The molecule has 1 amide bonds. The Kier molecular flexibility index (Phi) is 8.30. The van der Waals surface area contributed by atoms with Gasteiger partial charge >= 0.3 is 0 Å². The van der Waals surface area contributed by atoms with Crippen molar-refractivity contribution in [3.8, 4) is 17.3 Å². The number of pyridine rings is 2. The van der Waals surface area contributed by atoms with Crippen LogP contribution < -0.4 is 20.9 Å². The zero-order chi connectivity index (χ0) is 29.1. The Morgan fingerprint density at radius 3 is 2.56 bits per heavy atom. The summed E-state index contributed by atoms with van der Waals surface area (Å²) in [5.41, 5.74) is 4.22. The predicted molar refractivity (Wildman–Crippen MR) is 161 cm³/mol. The third-order valence-corrected chi connectivity index (χ3v) is 7.70. The molecule has 1 unspecified atom stereocenters. The maximum atomic E-state index is 12.8. The van der Waals surface area contributed by atoms with Gasteiger partial charge in [0.1, 0.15) is 11.5 Å². The fraction of sp³-hybridized carbons (Fsp3) is 0.387. The number of nitrogens with one attached hydrogen (secondary N) is 3. The molecule has 4 heterocycles. The number of aromatic amines is 1. The van der Waals surface area contributed by atoms with Crippen LogP contribution in [-0.4, -0.2) is 63.0 Å². The molecule has 10 heteroatoms. The lowest BCUT2D eigenvalue weighted by atomic mass is 9.86.